The SMILES string of the molecule is Cc1ccc(N2C(=O)NC(=O)/C(=C\c3cc(Cl)cc(Cl)c3OCc3ccccc3)C2=O)cc1Cl. The molecular formula is C25H17Cl3N2O4. The highest BCUT2D eigenvalue weighted by atomic mass is 35.5. The van der Waals surface area contributed by atoms with Crippen LogP contribution in [0.25, 0.3) is 6.08 Å². The number of aryl methyl sites for hydroxylation is 1. The number of hydrogen-bond donors (Lipinski definition) is 1. The summed E-state index contributed by atoms with van der Waals surface area (Å²) in [6.07, 6.45) is 1.30. The average molecular weight is 516 g/mol. The number of ether oxygens (including phenoxy) is 1. The number of anilines is 1. The van der Waals surface area contributed by atoms with Crippen molar-refractivity contribution >= 4 is 64.4 Å². The summed E-state index contributed by atoms with van der Waals surface area (Å²) in [6, 6.07) is 16.3. The number of carbonyl (C=O) groups excluding carboxylic acids is 3. The number of nitrogens with one attached hydrogen (secondary N) is 1. The van der Waals surface area contributed by atoms with Gasteiger partial charge < -0.3 is 4.74 Å². The van der Waals surface area contributed by atoms with Gasteiger partial charge in [-0.05, 0) is 48.4 Å². The maximum Gasteiger partial charge on any atom is 0.335 e. The quantitative estimate of drug-likeness (QED) is 0.324. The van der Waals surface area contributed by atoms with E-state index < -0.39 is 17.8 Å². The van der Waals surface area contributed by atoms with E-state index >= 15 is 0 Å². The molecule has 0 bridgehead atoms. The molecule has 3 aromatic carbocycles. The smallest absolute Gasteiger partial charge is 0.335 e. The molecule has 1 N–H and O–H groups in total. The van der Waals surface area contributed by atoms with Crippen molar-refractivity contribution in [1.82, 2.24) is 5.32 Å². The molecular weight excluding hydrogens is 499 g/mol. The Balaban J connectivity index is 1.73. The van der Waals surface area contributed by atoms with Gasteiger partial charge in [0.2, 0.25) is 0 Å². The molecule has 172 valence electrons. The molecule has 0 atom stereocenters. The van der Waals surface area contributed by atoms with Gasteiger partial charge >= 0.3 is 6.03 Å². The number of halogens is 3. The maximum absolute atomic E-state index is 13.2. The van der Waals surface area contributed by atoms with Crippen molar-refractivity contribution in [2.45, 2.75) is 13.5 Å². The molecule has 1 aliphatic heterocycles. The molecule has 0 aromatic heterocycles. The molecule has 6 nitrogen and oxygen atoms in total. The molecule has 3 aromatic rings. The molecule has 0 saturated carbocycles. The van der Waals surface area contributed by atoms with Crippen molar-refractivity contribution < 1.29 is 19.1 Å². The number of carbonyl (C=O) groups is 3. The van der Waals surface area contributed by atoms with Crippen LogP contribution in [0.1, 0.15) is 16.7 Å². The van der Waals surface area contributed by atoms with Gasteiger partial charge in [-0.25, -0.2) is 9.69 Å². The van der Waals surface area contributed by atoms with E-state index in [1.165, 1.54) is 24.3 Å². The zero-order valence-electron chi connectivity index (χ0n) is 17.8. The third-order valence-corrected chi connectivity index (χ3v) is 5.98. The molecule has 1 saturated heterocycles. The van der Waals surface area contributed by atoms with Gasteiger partial charge in [0, 0.05) is 15.6 Å². The van der Waals surface area contributed by atoms with E-state index in [0.29, 0.717) is 10.6 Å². The third-order valence-electron chi connectivity index (χ3n) is 5.08. The minimum atomic E-state index is -0.878. The van der Waals surface area contributed by atoms with E-state index in [1.54, 1.807) is 19.1 Å². The molecule has 1 fully saturated rings. The van der Waals surface area contributed by atoms with Crippen LogP contribution in [0, 0.1) is 6.92 Å². The zero-order chi connectivity index (χ0) is 24.4. The fourth-order valence-corrected chi connectivity index (χ4v) is 4.08. The second-order valence-corrected chi connectivity index (χ2v) is 8.72. The Morgan fingerprint density at radius 2 is 1.68 bits per heavy atom. The van der Waals surface area contributed by atoms with Gasteiger partial charge in [-0.15, -0.1) is 0 Å². The molecule has 0 unspecified atom stereocenters. The summed E-state index contributed by atoms with van der Waals surface area (Å²) in [5.41, 5.74) is 1.91. The molecule has 1 heterocycles. The number of rotatable bonds is 5. The first-order valence-corrected chi connectivity index (χ1v) is 11.2. The van der Waals surface area contributed by atoms with Crippen molar-refractivity contribution in [1.29, 1.82) is 0 Å². The van der Waals surface area contributed by atoms with Crippen LogP contribution in [0.4, 0.5) is 10.5 Å². The van der Waals surface area contributed by atoms with Gasteiger partial charge in [-0.3, -0.25) is 14.9 Å². The largest absolute Gasteiger partial charge is 0.487 e. The second kappa shape index (κ2) is 9.89. The van der Waals surface area contributed by atoms with Crippen LogP contribution >= 0.6 is 34.8 Å². The zero-order valence-corrected chi connectivity index (χ0v) is 20.0. The molecule has 0 radical (unpaired) electrons. The monoisotopic (exact) mass is 514 g/mol. The predicted molar refractivity (Wildman–Crippen MR) is 132 cm³/mol. The van der Waals surface area contributed by atoms with Crippen molar-refractivity contribution in [3.05, 3.63) is 98.0 Å². The highest BCUT2D eigenvalue weighted by molar-refractivity contribution is 6.40. The van der Waals surface area contributed by atoms with E-state index in [-0.39, 0.29) is 33.7 Å². The fraction of sp³-hybridized carbons (Fsp3) is 0.0800. The average Bonchev–Trinajstić information content (AvgIpc) is 2.79. The first kappa shape index (κ1) is 23.8. The number of amides is 4. The van der Waals surface area contributed by atoms with E-state index in [4.69, 9.17) is 39.5 Å². The predicted octanol–water partition coefficient (Wildman–Crippen LogP) is 6.20. The highest BCUT2D eigenvalue weighted by Gasteiger charge is 2.37. The van der Waals surface area contributed by atoms with Crippen LogP contribution < -0.4 is 15.0 Å². The molecule has 34 heavy (non-hydrogen) atoms. The Hall–Kier alpha value is -3.32. The van der Waals surface area contributed by atoms with Gasteiger partial charge in [0.1, 0.15) is 17.9 Å². The lowest BCUT2D eigenvalue weighted by atomic mass is 10.1. The molecule has 9 heteroatoms. The van der Waals surface area contributed by atoms with E-state index in [9.17, 15) is 14.4 Å². The summed E-state index contributed by atoms with van der Waals surface area (Å²) in [6.45, 7) is 1.99. The molecule has 4 rings (SSSR count). The summed E-state index contributed by atoms with van der Waals surface area (Å²) in [5.74, 6) is -1.43. The number of imide groups is 2. The number of hydrogen-bond acceptors (Lipinski definition) is 4. The van der Waals surface area contributed by atoms with Crippen molar-refractivity contribution in [2.75, 3.05) is 4.90 Å². The van der Waals surface area contributed by atoms with Gasteiger partial charge in [0.25, 0.3) is 11.8 Å². The topological polar surface area (TPSA) is 75.7 Å². The fourth-order valence-electron chi connectivity index (χ4n) is 3.34. The van der Waals surface area contributed by atoms with Gasteiger partial charge in [-0.2, -0.15) is 0 Å². The van der Waals surface area contributed by atoms with Crippen LogP contribution in [0.5, 0.6) is 5.75 Å². The van der Waals surface area contributed by atoms with Gasteiger partial charge in [0.15, 0.2) is 0 Å². The van der Waals surface area contributed by atoms with Crippen LogP contribution in [-0.2, 0) is 16.2 Å². The normalized spacial score (nSPS) is 15.0. The summed E-state index contributed by atoms with van der Waals surface area (Å²) < 4.78 is 5.91. The van der Waals surface area contributed by atoms with E-state index in [0.717, 1.165) is 16.0 Å². The lowest BCUT2D eigenvalue weighted by Crippen LogP contribution is -2.54. The van der Waals surface area contributed by atoms with Crippen LogP contribution in [0.2, 0.25) is 15.1 Å². The molecule has 0 aliphatic carbocycles. The van der Waals surface area contributed by atoms with Crippen LogP contribution in [-0.4, -0.2) is 17.8 Å². The Kier molecular flexibility index (Phi) is 6.93. The Labute approximate surface area is 210 Å². The summed E-state index contributed by atoms with van der Waals surface area (Å²) in [4.78, 5) is 39.2. The van der Waals surface area contributed by atoms with Crippen LogP contribution in [0.3, 0.4) is 0 Å². The second-order valence-electron chi connectivity index (χ2n) is 7.47. The third kappa shape index (κ3) is 4.94. The number of barbiturate groups is 1. The summed E-state index contributed by atoms with van der Waals surface area (Å²) in [5, 5.41) is 3.04. The lowest BCUT2D eigenvalue weighted by molar-refractivity contribution is -0.122. The lowest BCUT2D eigenvalue weighted by Gasteiger charge is -2.26. The number of urea groups is 1. The minimum Gasteiger partial charge on any atom is -0.487 e. The van der Waals surface area contributed by atoms with E-state index in [1.807, 2.05) is 30.3 Å². The first-order valence-electron chi connectivity index (χ1n) is 10.1. The standard InChI is InChI=1S/C25H17Cl3N2O4/c1-14-7-8-18(12-20(14)27)30-24(32)19(23(31)29-25(30)33)10-16-9-17(26)11-21(28)22(16)34-13-15-5-3-2-4-6-15/h2-12H,13H2,1H3,(H,29,31,33)/b19-10+. The van der Waals surface area contributed by atoms with E-state index in [2.05, 4.69) is 5.32 Å². The van der Waals surface area contributed by atoms with Crippen molar-refractivity contribution in [3.63, 3.8) is 0 Å². The van der Waals surface area contributed by atoms with Crippen molar-refractivity contribution in [2.24, 2.45) is 0 Å². The van der Waals surface area contributed by atoms with Gasteiger partial charge in [-0.1, -0.05) is 71.2 Å². The highest BCUT2D eigenvalue weighted by Crippen LogP contribution is 2.35. The maximum atomic E-state index is 13.2. The Bertz CT molecular complexity index is 1340. The molecule has 1 aliphatic rings. The van der Waals surface area contributed by atoms with Crippen LogP contribution in [0.15, 0.2) is 66.2 Å². The number of benzene rings is 3. The molecule has 0 spiro atoms. The number of nitrogens with zero attached hydrogens (tertiary/aromatic N) is 1. The first-order chi connectivity index (χ1) is 16.2. The minimum absolute atomic E-state index is 0.199. The summed E-state index contributed by atoms with van der Waals surface area (Å²) >= 11 is 18.7. The van der Waals surface area contributed by atoms with Gasteiger partial charge in [0.05, 0.1) is 10.7 Å². The Morgan fingerprint density at radius 1 is 0.941 bits per heavy atom. The van der Waals surface area contributed by atoms with Crippen molar-refractivity contribution in [3.8, 4) is 5.75 Å². The summed E-state index contributed by atoms with van der Waals surface area (Å²) in [7, 11) is 0. The molecule has 4 amide bonds. The Morgan fingerprint density at radius 3 is 2.38 bits per heavy atom.